The van der Waals surface area contributed by atoms with Crippen molar-refractivity contribution in [2.45, 2.75) is 20.8 Å². The summed E-state index contributed by atoms with van der Waals surface area (Å²) in [6.45, 7) is 5.98. The van der Waals surface area contributed by atoms with Gasteiger partial charge in [-0.05, 0) is 67.8 Å². The van der Waals surface area contributed by atoms with Crippen LogP contribution in [0.1, 0.15) is 18.1 Å². The van der Waals surface area contributed by atoms with E-state index in [1.807, 2.05) is 26.0 Å². The molecule has 3 aromatic carbocycles. The Labute approximate surface area is 207 Å². The van der Waals surface area contributed by atoms with E-state index in [1.165, 1.54) is 17.1 Å². The molecule has 4 rings (SSSR count). The highest BCUT2D eigenvalue weighted by molar-refractivity contribution is 6.70. The Morgan fingerprint density at radius 2 is 1.86 bits per heavy atom. The number of aryl methyl sites for hydroxylation is 2. The third-order valence-electron chi connectivity index (χ3n) is 5.48. The lowest BCUT2D eigenvalue weighted by Gasteiger charge is -2.13. The summed E-state index contributed by atoms with van der Waals surface area (Å²) in [5.74, 6) is -0.468. The smallest absolute Gasteiger partial charge is 0.505 e. The summed E-state index contributed by atoms with van der Waals surface area (Å²) in [4.78, 5) is 24.0. The van der Waals surface area contributed by atoms with E-state index in [-0.39, 0.29) is 35.4 Å². The minimum Gasteiger partial charge on any atom is -0.505 e. The molecular formula is C26H24N4O6. The van der Waals surface area contributed by atoms with E-state index in [0.29, 0.717) is 16.8 Å². The molecular weight excluding hydrogens is 464 g/mol. The number of hydrogen-bond acceptors (Lipinski definition) is 8. The summed E-state index contributed by atoms with van der Waals surface area (Å²) >= 11 is 0. The first kappa shape index (κ1) is 24.3. The summed E-state index contributed by atoms with van der Waals surface area (Å²) in [5.41, 5.74) is 6.52. The maximum atomic E-state index is 13.1. The molecule has 1 aliphatic heterocycles. The molecule has 1 amide bonds. The molecule has 3 aromatic rings. The van der Waals surface area contributed by atoms with Crippen molar-refractivity contribution in [1.29, 1.82) is 0 Å². The molecule has 3 N–H and O–H groups in total. The fourth-order valence-electron chi connectivity index (χ4n) is 3.55. The number of carbonyl (C=O) groups is 2. The van der Waals surface area contributed by atoms with E-state index in [9.17, 15) is 14.7 Å². The number of aromatic hydroxyl groups is 1. The molecule has 0 bridgehead atoms. The number of hydrogen-bond donors (Lipinski definition) is 3. The number of ether oxygens (including phenoxy) is 2. The monoisotopic (exact) mass is 488 g/mol. The van der Waals surface area contributed by atoms with Gasteiger partial charge in [-0.15, -0.1) is 5.10 Å². The SMILES string of the molecule is CCOC1=NN(c2ccc(C)c(C)c2)C(=O)C1=NNc1cccc(-c2cccc(OC(=O)O)c2)c1O. The third-order valence-corrected chi connectivity index (χ3v) is 5.48. The summed E-state index contributed by atoms with van der Waals surface area (Å²) in [7, 11) is 0. The number of nitrogens with zero attached hydrogens (tertiary/aromatic N) is 3. The van der Waals surface area contributed by atoms with Gasteiger partial charge in [-0.3, -0.25) is 10.2 Å². The lowest BCUT2D eigenvalue weighted by atomic mass is 10.0. The number of anilines is 2. The average molecular weight is 489 g/mol. The van der Waals surface area contributed by atoms with Crippen LogP contribution in [0.5, 0.6) is 11.5 Å². The van der Waals surface area contributed by atoms with Crippen LogP contribution in [-0.4, -0.2) is 40.5 Å². The Kier molecular flexibility index (Phi) is 6.86. The normalized spacial score (nSPS) is 14.1. The van der Waals surface area contributed by atoms with Gasteiger partial charge in [0.2, 0.25) is 5.71 Å². The molecule has 184 valence electrons. The fourth-order valence-corrected chi connectivity index (χ4v) is 3.55. The predicted octanol–water partition coefficient (Wildman–Crippen LogP) is 4.90. The molecule has 1 heterocycles. The lowest BCUT2D eigenvalue weighted by Crippen LogP contribution is -2.29. The molecule has 0 atom stereocenters. The highest BCUT2D eigenvalue weighted by Crippen LogP contribution is 2.36. The summed E-state index contributed by atoms with van der Waals surface area (Å²) in [6.07, 6.45) is -1.44. The number of phenolic OH excluding ortho intramolecular Hbond substituents is 1. The van der Waals surface area contributed by atoms with Crippen molar-refractivity contribution >= 4 is 35.0 Å². The van der Waals surface area contributed by atoms with Gasteiger partial charge in [0.1, 0.15) is 11.5 Å². The van der Waals surface area contributed by atoms with Crippen LogP contribution in [0.25, 0.3) is 11.1 Å². The topological polar surface area (TPSA) is 133 Å². The van der Waals surface area contributed by atoms with Gasteiger partial charge in [0, 0.05) is 5.56 Å². The molecule has 0 aromatic heterocycles. The molecule has 0 spiro atoms. The number of nitrogens with one attached hydrogen (secondary N) is 1. The van der Waals surface area contributed by atoms with Crippen LogP contribution in [0, 0.1) is 13.8 Å². The van der Waals surface area contributed by atoms with E-state index in [4.69, 9.17) is 14.6 Å². The van der Waals surface area contributed by atoms with Crippen molar-refractivity contribution < 1.29 is 29.3 Å². The first-order valence-corrected chi connectivity index (χ1v) is 11.1. The molecule has 0 aliphatic carbocycles. The number of phenols is 1. The Bertz CT molecular complexity index is 1400. The number of para-hydroxylation sites is 1. The summed E-state index contributed by atoms with van der Waals surface area (Å²) in [5, 5.41) is 29.4. The molecule has 0 unspecified atom stereocenters. The zero-order valence-corrected chi connectivity index (χ0v) is 19.8. The van der Waals surface area contributed by atoms with E-state index < -0.39 is 12.1 Å². The van der Waals surface area contributed by atoms with Crippen molar-refractivity contribution in [3.8, 4) is 22.6 Å². The van der Waals surface area contributed by atoms with Crippen LogP contribution in [0.2, 0.25) is 0 Å². The highest BCUT2D eigenvalue weighted by Gasteiger charge is 2.35. The van der Waals surface area contributed by atoms with Gasteiger partial charge in [-0.2, -0.15) is 10.1 Å². The molecule has 0 saturated heterocycles. The largest absolute Gasteiger partial charge is 0.511 e. The van der Waals surface area contributed by atoms with Gasteiger partial charge in [0.05, 0.1) is 18.0 Å². The second-order valence-corrected chi connectivity index (χ2v) is 7.89. The van der Waals surface area contributed by atoms with E-state index in [1.54, 1.807) is 43.3 Å². The number of carbonyl (C=O) groups excluding carboxylic acids is 1. The van der Waals surface area contributed by atoms with Crippen LogP contribution in [0.3, 0.4) is 0 Å². The van der Waals surface area contributed by atoms with Gasteiger partial charge < -0.3 is 19.7 Å². The Hall–Kier alpha value is -4.86. The number of carboxylic acid groups (broad SMARTS) is 1. The molecule has 0 saturated carbocycles. The predicted molar refractivity (Wildman–Crippen MR) is 136 cm³/mol. The van der Waals surface area contributed by atoms with Crippen molar-refractivity contribution in [2.24, 2.45) is 10.2 Å². The molecule has 10 heteroatoms. The Morgan fingerprint density at radius 3 is 2.58 bits per heavy atom. The average Bonchev–Trinajstić information content (AvgIpc) is 3.15. The maximum absolute atomic E-state index is 13.1. The van der Waals surface area contributed by atoms with Crippen molar-refractivity contribution in [1.82, 2.24) is 0 Å². The second kappa shape index (κ2) is 10.2. The number of rotatable bonds is 6. The molecule has 0 fully saturated rings. The summed E-state index contributed by atoms with van der Waals surface area (Å²) < 4.78 is 10.2. The zero-order chi connectivity index (χ0) is 25.8. The van der Waals surface area contributed by atoms with Crippen LogP contribution >= 0.6 is 0 Å². The van der Waals surface area contributed by atoms with Gasteiger partial charge in [0.15, 0.2) is 0 Å². The highest BCUT2D eigenvalue weighted by atomic mass is 16.7. The summed E-state index contributed by atoms with van der Waals surface area (Å²) in [6, 6.07) is 16.7. The van der Waals surface area contributed by atoms with Gasteiger partial charge >= 0.3 is 12.1 Å². The second-order valence-electron chi connectivity index (χ2n) is 7.89. The zero-order valence-electron chi connectivity index (χ0n) is 19.8. The van der Waals surface area contributed by atoms with Crippen LogP contribution in [-0.2, 0) is 9.53 Å². The minimum atomic E-state index is -1.44. The van der Waals surface area contributed by atoms with E-state index >= 15 is 0 Å². The molecule has 1 aliphatic rings. The lowest BCUT2D eigenvalue weighted by molar-refractivity contribution is -0.112. The van der Waals surface area contributed by atoms with Gasteiger partial charge in [-0.1, -0.05) is 30.3 Å². The van der Waals surface area contributed by atoms with Gasteiger partial charge in [-0.25, -0.2) is 4.79 Å². The van der Waals surface area contributed by atoms with Crippen LogP contribution < -0.4 is 15.2 Å². The van der Waals surface area contributed by atoms with Crippen molar-refractivity contribution in [3.63, 3.8) is 0 Å². The number of hydrazone groups is 2. The van der Waals surface area contributed by atoms with E-state index in [2.05, 4.69) is 15.6 Å². The first-order chi connectivity index (χ1) is 17.3. The molecule has 0 radical (unpaired) electrons. The fraction of sp³-hybridized carbons (Fsp3) is 0.154. The number of benzene rings is 3. The minimum absolute atomic E-state index is 0.0447. The third kappa shape index (κ3) is 4.97. The van der Waals surface area contributed by atoms with Crippen LogP contribution in [0.15, 0.2) is 70.9 Å². The molecule has 10 nitrogen and oxygen atoms in total. The van der Waals surface area contributed by atoms with Gasteiger partial charge in [0.25, 0.3) is 5.90 Å². The quantitative estimate of drug-likeness (QED) is 0.195. The first-order valence-electron chi connectivity index (χ1n) is 11.1. The maximum Gasteiger partial charge on any atom is 0.511 e. The number of amides is 1. The van der Waals surface area contributed by atoms with E-state index in [0.717, 1.165) is 11.1 Å². The van der Waals surface area contributed by atoms with Crippen molar-refractivity contribution in [3.05, 3.63) is 71.8 Å². The standard InChI is InChI=1S/C26H24N4O6/c1-4-35-24-22(25(32)30(29-24)18-12-11-15(2)16(3)13-18)28-27-21-10-6-9-20(23(21)31)17-7-5-8-19(14-17)36-26(33)34/h5-14,27,31H,4H2,1-3H3,(H,33,34). The molecule has 36 heavy (non-hydrogen) atoms. The Balaban J connectivity index is 1.63. The Morgan fingerprint density at radius 1 is 1.08 bits per heavy atom. The van der Waals surface area contributed by atoms with Crippen molar-refractivity contribution in [2.75, 3.05) is 17.0 Å². The van der Waals surface area contributed by atoms with Crippen LogP contribution in [0.4, 0.5) is 16.2 Å².